The molecule has 0 N–H and O–H groups in total. The van der Waals surface area contributed by atoms with Gasteiger partial charge in [0.25, 0.3) is 0 Å². The predicted molar refractivity (Wildman–Crippen MR) is 115 cm³/mol. The molecule has 0 aliphatic carbocycles. The van der Waals surface area contributed by atoms with Gasteiger partial charge in [0.15, 0.2) is 11.6 Å². The average molecular weight is 402 g/mol. The maximum Gasteiger partial charge on any atom is 0.221 e. The third-order valence-corrected chi connectivity index (χ3v) is 5.37. The quantitative estimate of drug-likeness (QED) is 0.326. The van der Waals surface area contributed by atoms with E-state index in [1.807, 2.05) is 41.8 Å². The SMILES string of the molecule is COc1ccc(C(=O)Cn2c(C(=O)/C=C/c3cccs3)nc3ccccc32)cc1. The van der Waals surface area contributed by atoms with E-state index in [0.29, 0.717) is 16.8 Å². The molecule has 0 bridgehead atoms. The van der Waals surface area contributed by atoms with E-state index in [1.165, 1.54) is 6.08 Å². The van der Waals surface area contributed by atoms with Crippen LogP contribution in [0.5, 0.6) is 5.75 Å². The summed E-state index contributed by atoms with van der Waals surface area (Å²) in [6.45, 7) is 0.0285. The molecule has 2 heterocycles. The van der Waals surface area contributed by atoms with Crippen molar-refractivity contribution in [1.82, 2.24) is 9.55 Å². The summed E-state index contributed by atoms with van der Waals surface area (Å²) in [6.07, 6.45) is 3.27. The van der Waals surface area contributed by atoms with Crippen molar-refractivity contribution in [2.45, 2.75) is 6.54 Å². The second-order valence-electron chi connectivity index (χ2n) is 6.37. The van der Waals surface area contributed by atoms with Crippen molar-refractivity contribution in [3.63, 3.8) is 0 Å². The van der Waals surface area contributed by atoms with Crippen LogP contribution in [0.15, 0.2) is 72.1 Å². The van der Waals surface area contributed by atoms with Crippen LogP contribution in [0.1, 0.15) is 25.9 Å². The highest BCUT2D eigenvalue weighted by Crippen LogP contribution is 2.19. The number of methoxy groups -OCH3 is 1. The molecule has 5 nitrogen and oxygen atoms in total. The topological polar surface area (TPSA) is 61.2 Å². The second-order valence-corrected chi connectivity index (χ2v) is 7.35. The number of ether oxygens (including phenoxy) is 1. The monoisotopic (exact) mass is 402 g/mol. The standard InChI is InChI=1S/C23H18N2O3S/c1-28-17-10-8-16(9-11-17)22(27)15-25-20-7-3-2-6-19(20)24-23(25)21(26)13-12-18-5-4-14-29-18/h2-14H,15H2,1H3/b13-12+. The van der Waals surface area contributed by atoms with E-state index in [1.54, 1.807) is 53.4 Å². The van der Waals surface area contributed by atoms with E-state index in [0.717, 1.165) is 10.4 Å². The molecule has 6 heteroatoms. The van der Waals surface area contributed by atoms with E-state index in [2.05, 4.69) is 4.98 Å². The van der Waals surface area contributed by atoms with Crippen molar-refractivity contribution in [2.24, 2.45) is 0 Å². The van der Waals surface area contributed by atoms with Crippen LogP contribution in [-0.2, 0) is 6.54 Å². The Morgan fingerprint density at radius 2 is 1.86 bits per heavy atom. The molecule has 0 saturated heterocycles. The average Bonchev–Trinajstić information content (AvgIpc) is 3.40. The highest BCUT2D eigenvalue weighted by molar-refractivity contribution is 7.10. The van der Waals surface area contributed by atoms with Crippen LogP contribution >= 0.6 is 11.3 Å². The lowest BCUT2D eigenvalue weighted by Crippen LogP contribution is -2.15. The molecule has 4 rings (SSSR count). The van der Waals surface area contributed by atoms with E-state index in [4.69, 9.17) is 4.74 Å². The van der Waals surface area contributed by atoms with Crippen molar-refractivity contribution in [3.8, 4) is 5.75 Å². The van der Waals surface area contributed by atoms with Gasteiger partial charge in [-0.3, -0.25) is 9.59 Å². The molecule has 29 heavy (non-hydrogen) atoms. The van der Waals surface area contributed by atoms with Crippen LogP contribution < -0.4 is 4.74 Å². The first-order chi connectivity index (χ1) is 14.2. The normalized spacial score (nSPS) is 11.2. The molecule has 0 spiro atoms. The number of hydrogen-bond donors (Lipinski definition) is 0. The van der Waals surface area contributed by atoms with Gasteiger partial charge in [0.1, 0.15) is 5.75 Å². The Bertz CT molecular complexity index is 1190. The second kappa shape index (κ2) is 8.24. The molecule has 0 aliphatic rings. The van der Waals surface area contributed by atoms with E-state index >= 15 is 0 Å². The Kier molecular flexibility index (Phi) is 5.35. The summed E-state index contributed by atoms with van der Waals surface area (Å²) in [5, 5.41) is 1.95. The number of para-hydroxylation sites is 2. The molecule has 0 unspecified atom stereocenters. The molecule has 2 aromatic carbocycles. The molecule has 0 fully saturated rings. The number of imidazole rings is 1. The third kappa shape index (κ3) is 4.02. The van der Waals surface area contributed by atoms with Gasteiger partial charge in [0.05, 0.1) is 24.7 Å². The fourth-order valence-corrected chi connectivity index (χ4v) is 3.67. The lowest BCUT2D eigenvalue weighted by atomic mass is 10.1. The number of hydrogen-bond acceptors (Lipinski definition) is 5. The van der Waals surface area contributed by atoms with Crippen LogP contribution in [0, 0.1) is 0 Å². The Labute approximate surface area is 171 Å². The molecule has 2 aromatic heterocycles. The van der Waals surface area contributed by atoms with Crippen molar-refractivity contribution in [1.29, 1.82) is 0 Å². The van der Waals surface area contributed by atoms with Gasteiger partial charge in [-0.2, -0.15) is 0 Å². The Morgan fingerprint density at radius 3 is 2.59 bits per heavy atom. The minimum absolute atomic E-state index is 0.0285. The van der Waals surface area contributed by atoms with E-state index < -0.39 is 0 Å². The predicted octanol–water partition coefficient (Wildman–Crippen LogP) is 4.89. The van der Waals surface area contributed by atoms with Crippen molar-refractivity contribution in [2.75, 3.05) is 7.11 Å². The van der Waals surface area contributed by atoms with Crippen molar-refractivity contribution in [3.05, 3.63) is 88.4 Å². The smallest absolute Gasteiger partial charge is 0.221 e. The first-order valence-corrected chi connectivity index (χ1v) is 9.92. The minimum Gasteiger partial charge on any atom is -0.497 e. The molecule has 4 aromatic rings. The summed E-state index contributed by atoms with van der Waals surface area (Å²) in [7, 11) is 1.58. The van der Waals surface area contributed by atoms with Crippen LogP contribution in [0.4, 0.5) is 0 Å². The molecule has 0 atom stereocenters. The van der Waals surface area contributed by atoms with Gasteiger partial charge in [-0.05, 0) is 60.0 Å². The van der Waals surface area contributed by atoms with Gasteiger partial charge in [0.2, 0.25) is 5.78 Å². The largest absolute Gasteiger partial charge is 0.497 e. The molecule has 0 amide bonds. The summed E-state index contributed by atoms with van der Waals surface area (Å²) in [4.78, 5) is 31.2. The summed E-state index contributed by atoms with van der Waals surface area (Å²) in [6, 6.07) is 18.2. The Hall–Kier alpha value is -3.51. The van der Waals surface area contributed by atoms with Crippen LogP contribution in [-0.4, -0.2) is 28.2 Å². The Balaban J connectivity index is 1.67. The number of aromatic nitrogens is 2. The molecular formula is C23H18N2O3S. The molecule has 0 aliphatic heterocycles. The summed E-state index contributed by atoms with van der Waals surface area (Å²) < 4.78 is 6.83. The van der Waals surface area contributed by atoms with Crippen LogP contribution in [0.25, 0.3) is 17.1 Å². The highest BCUT2D eigenvalue weighted by Gasteiger charge is 2.18. The summed E-state index contributed by atoms with van der Waals surface area (Å²) in [5.41, 5.74) is 1.99. The number of rotatable bonds is 7. The number of fused-ring (bicyclic) bond motifs is 1. The zero-order valence-electron chi connectivity index (χ0n) is 15.7. The maximum atomic E-state index is 12.9. The highest BCUT2D eigenvalue weighted by atomic mass is 32.1. The zero-order valence-corrected chi connectivity index (χ0v) is 16.6. The number of allylic oxidation sites excluding steroid dienone is 1. The van der Waals surface area contributed by atoms with Gasteiger partial charge in [-0.15, -0.1) is 11.3 Å². The van der Waals surface area contributed by atoms with Crippen LogP contribution in [0.3, 0.4) is 0 Å². The van der Waals surface area contributed by atoms with Crippen LogP contribution in [0.2, 0.25) is 0 Å². The van der Waals surface area contributed by atoms with Gasteiger partial charge in [0, 0.05) is 10.4 Å². The first kappa shape index (κ1) is 18.8. The number of carbonyl (C=O) groups is 2. The van der Waals surface area contributed by atoms with Gasteiger partial charge in [-0.25, -0.2) is 4.98 Å². The van der Waals surface area contributed by atoms with E-state index in [-0.39, 0.29) is 23.9 Å². The fraction of sp³-hybridized carbons (Fsp3) is 0.0870. The number of ketones is 2. The van der Waals surface area contributed by atoms with Gasteiger partial charge in [-0.1, -0.05) is 18.2 Å². The number of thiophene rings is 1. The van der Waals surface area contributed by atoms with Gasteiger partial charge < -0.3 is 9.30 Å². The van der Waals surface area contributed by atoms with Crippen molar-refractivity contribution < 1.29 is 14.3 Å². The first-order valence-electron chi connectivity index (χ1n) is 9.04. The maximum absolute atomic E-state index is 12.9. The van der Waals surface area contributed by atoms with E-state index in [9.17, 15) is 9.59 Å². The number of carbonyl (C=O) groups excluding carboxylic acids is 2. The lowest BCUT2D eigenvalue weighted by molar-refractivity contribution is 0.0969. The lowest BCUT2D eigenvalue weighted by Gasteiger charge is -2.08. The number of Topliss-reactive ketones (excluding diaryl/α,β-unsaturated/α-hetero) is 1. The molecule has 0 radical (unpaired) electrons. The zero-order chi connectivity index (χ0) is 20.2. The van der Waals surface area contributed by atoms with Crippen molar-refractivity contribution >= 4 is 40.0 Å². The Morgan fingerprint density at radius 1 is 1.07 bits per heavy atom. The number of benzene rings is 2. The minimum atomic E-state index is -0.239. The molecular weight excluding hydrogens is 384 g/mol. The fourth-order valence-electron chi connectivity index (χ4n) is 3.05. The molecule has 144 valence electrons. The summed E-state index contributed by atoms with van der Waals surface area (Å²) in [5.74, 6) is 0.592. The van der Waals surface area contributed by atoms with Gasteiger partial charge >= 0.3 is 0 Å². The third-order valence-electron chi connectivity index (χ3n) is 4.53. The summed E-state index contributed by atoms with van der Waals surface area (Å²) >= 11 is 1.55. The molecule has 0 saturated carbocycles. The number of nitrogens with zero attached hydrogens (tertiary/aromatic N) is 2.